The van der Waals surface area contributed by atoms with E-state index in [9.17, 15) is 9.59 Å². The van der Waals surface area contributed by atoms with Crippen LogP contribution < -0.4 is 15.5 Å². The first-order valence-electron chi connectivity index (χ1n) is 10.0. The molecule has 0 fully saturated rings. The van der Waals surface area contributed by atoms with Gasteiger partial charge in [-0.2, -0.15) is 0 Å². The third-order valence-electron chi connectivity index (χ3n) is 5.04. The van der Waals surface area contributed by atoms with E-state index in [1.807, 2.05) is 31.2 Å². The molecule has 3 aromatic rings. The second-order valence-corrected chi connectivity index (χ2v) is 9.78. The fraction of sp³-hybridized carbons (Fsp3) is 0.273. The van der Waals surface area contributed by atoms with Gasteiger partial charge in [0.05, 0.1) is 16.6 Å². The average Bonchev–Trinajstić information content (AvgIpc) is 3.20. The molecule has 0 radical (unpaired) electrons. The Hall–Kier alpha value is -2.91. The van der Waals surface area contributed by atoms with Gasteiger partial charge in [0.25, 0.3) is 0 Å². The van der Waals surface area contributed by atoms with Gasteiger partial charge in [0.15, 0.2) is 4.34 Å². The third kappa shape index (κ3) is 4.57. The van der Waals surface area contributed by atoms with Crippen molar-refractivity contribution in [2.24, 2.45) is 0 Å². The fourth-order valence-electron chi connectivity index (χ4n) is 3.47. The Morgan fingerprint density at radius 1 is 1.26 bits per heavy atom. The molecule has 0 bridgehead atoms. The van der Waals surface area contributed by atoms with Gasteiger partial charge in [-0.25, -0.2) is 0 Å². The van der Waals surface area contributed by atoms with Gasteiger partial charge in [0.2, 0.25) is 16.9 Å². The number of benzene rings is 2. The van der Waals surface area contributed by atoms with E-state index < -0.39 is 5.25 Å². The van der Waals surface area contributed by atoms with Gasteiger partial charge in [-0.15, -0.1) is 10.2 Å². The summed E-state index contributed by atoms with van der Waals surface area (Å²) in [5.41, 5.74) is 4.78. The number of para-hydroxylation sites is 3. The highest BCUT2D eigenvalue weighted by molar-refractivity contribution is 8.02. The number of nitrogens with zero attached hydrogens (tertiary/aromatic N) is 3. The van der Waals surface area contributed by atoms with E-state index in [0.29, 0.717) is 20.8 Å². The lowest BCUT2D eigenvalue weighted by atomic mass is 10.1. The van der Waals surface area contributed by atoms with Crippen LogP contribution in [-0.2, 0) is 16.0 Å². The Morgan fingerprint density at radius 3 is 2.87 bits per heavy atom. The SMILES string of the molecule is CCc1cccc(C)c1Nc1nnc(SC(C)C(=O)N2CC(=O)Nc3ccccc32)s1. The Morgan fingerprint density at radius 2 is 2.06 bits per heavy atom. The van der Waals surface area contributed by atoms with Crippen LogP contribution in [0.2, 0.25) is 0 Å². The molecule has 2 aromatic carbocycles. The van der Waals surface area contributed by atoms with Crippen molar-refractivity contribution in [3.8, 4) is 0 Å². The average molecular weight is 454 g/mol. The van der Waals surface area contributed by atoms with Gasteiger partial charge in [0, 0.05) is 5.69 Å². The highest BCUT2D eigenvalue weighted by atomic mass is 32.2. The van der Waals surface area contributed by atoms with Crippen molar-refractivity contribution in [1.29, 1.82) is 0 Å². The van der Waals surface area contributed by atoms with E-state index in [2.05, 4.69) is 46.8 Å². The summed E-state index contributed by atoms with van der Waals surface area (Å²) in [6.45, 7) is 6.02. The molecule has 0 aliphatic carbocycles. The molecule has 0 saturated carbocycles. The molecule has 7 nitrogen and oxygen atoms in total. The van der Waals surface area contributed by atoms with Crippen molar-refractivity contribution >= 4 is 57.1 Å². The van der Waals surface area contributed by atoms with Crippen LogP contribution in [0.5, 0.6) is 0 Å². The third-order valence-corrected chi connectivity index (χ3v) is 7.05. The van der Waals surface area contributed by atoms with E-state index in [-0.39, 0.29) is 18.4 Å². The van der Waals surface area contributed by atoms with Gasteiger partial charge < -0.3 is 10.6 Å². The minimum absolute atomic E-state index is 0.0107. The number of aryl methyl sites for hydroxylation is 2. The maximum absolute atomic E-state index is 13.1. The van der Waals surface area contributed by atoms with Crippen LogP contribution in [0.4, 0.5) is 22.2 Å². The van der Waals surface area contributed by atoms with Crippen molar-refractivity contribution in [2.45, 2.75) is 36.8 Å². The zero-order chi connectivity index (χ0) is 22.0. The Balaban J connectivity index is 1.47. The van der Waals surface area contributed by atoms with E-state index in [0.717, 1.165) is 17.7 Å². The van der Waals surface area contributed by atoms with Gasteiger partial charge in [0.1, 0.15) is 6.54 Å². The molecule has 1 atom stereocenters. The normalized spacial score (nSPS) is 14.0. The molecule has 2 amide bonds. The van der Waals surface area contributed by atoms with Gasteiger partial charge in [-0.1, -0.05) is 60.4 Å². The summed E-state index contributed by atoms with van der Waals surface area (Å²) in [6, 6.07) is 13.5. The van der Waals surface area contributed by atoms with Crippen molar-refractivity contribution in [1.82, 2.24) is 10.2 Å². The first kappa shape index (κ1) is 21.3. The largest absolute Gasteiger partial charge is 0.330 e. The number of thioether (sulfide) groups is 1. The zero-order valence-electron chi connectivity index (χ0n) is 17.5. The Kier molecular flexibility index (Phi) is 6.24. The number of fused-ring (bicyclic) bond motifs is 1. The maximum Gasteiger partial charge on any atom is 0.244 e. The number of hydrogen-bond donors (Lipinski definition) is 2. The topological polar surface area (TPSA) is 87.2 Å². The smallest absolute Gasteiger partial charge is 0.244 e. The minimum Gasteiger partial charge on any atom is -0.330 e. The highest BCUT2D eigenvalue weighted by Crippen LogP contribution is 2.35. The van der Waals surface area contributed by atoms with Gasteiger partial charge in [-0.3, -0.25) is 14.5 Å². The number of aromatic nitrogens is 2. The quantitative estimate of drug-likeness (QED) is 0.530. The molecule has 4 rings (SSSR count). The summed E-state index contributed by atoms with van der Waals surface area (Å²) in [7, 11) is 0. The number of anilines is 4. The van der Waals surface area contributed by atoms with Crippen molar-refractivity contribution in [3.05, 3.63) is 53.6 Å². The summed E-state index contributed by atoms with van der Waals surface area (Å²) in [5.74, 6) is -0.333. The number of rotatable bonds is 6. The van der Waals surface area contributed by atoms with Crippen LogP contribution in [0.1, 0.15) is 25.0 Å². The molecule has 0 spiro atoms. The monoisotopic (exact) mass is 453 g/mol. The highest BCUT2D eigenvalue weighted by Gasteiger charge is 2.30. The van der Waals surface area contributed by atoms with Crippen molar-refractivity contribution in [2.75, 3.05) is 22.1 Å². The zero-order valence-corrected chi connectivity index (χ0v) is 19.1. The number of hydrogen-bond acceptors (Lipinski definition) is 7. The molecule has 1 aromatic heterocycles. The minimum atomic E-state index is -0.413. The van der Waals surface area contributed by atoms with E-state index >= 15 is 0 Å². The first-order chi connectivity index (χ1) is 15.0. The summed E-state index contributed by atoms with van der Waals surface area (Å²) in [5, 5.41) is 15.0. The molecular weight excluding hydrogens is 430 g/mol. The molecule has 1 unspecified atom stereocenters. The van der Waals surface area contributed by atoms with E-state index in [4.69, 9.17) is 0 Å². The van der Waals surface area contributed by atoms with Crippen LogP contribution >= 0.6 is 23.1 Å². The molecular formula is C22H23N5O2S2. The number of carbonyl (C=O) groups is 2. The molecule has 160 valence electrons. The lowest BCUT2D eigenvalue weighted by Gasteiger charge is -2.30. The van der Waals surface area contributed by atoms with Crippen LogP contribution in [-0.4, -0.2) is 33.8 Å². The van der Waals surface area contributed by atoms with Crippen LogP contribution in [0.3, 0.4) is 0 Å². The Bertz CT molecular complexity index is 1130. The second-order valence-electron chi connectivity index (χ2n) is 7.21. The lowest BCUT2D eigenvalue weighted by Crippen LogP contribution is -2.45. The van der Waals surface area contributed by atoms with Gasteiger partial charge in [-0.05, 0) is 43.5 Å². The van der Waals surface area contributed by atoms with Crippen LogP contribution in [0.25, 0.3) is 0 Å². The number of carbonyl (C=O) groups excluding carboxylic acids is 2. The fourth-order valence-corrected chi connectivity index (χ4v) is 5.43. The second kappa shape index (κ2) is 9.07. The standard InChI is InChI=1S/C22H23N5O2S2/c1-4-15-9-7-8-13(2)19(15)24-21-25-26-22(31-21)30-14(3)20(29)27-12-18(28)23-16-10-5-6-11-17(16)27/h5-11,14H,4,12H2,1-3H3,(H,23,28)(H,24,25). The van der Waals surface area contributed by atoms with E-state index in [1.165, 1.54) is 33.6 Å². The predicted octanol–water partition coefficient (Wildman–Crippen LogP) is 4.62. The molecule has 0 saturated heterocycles. The maximum atomic E-state index is 13.1. The van der Waals surface area contributed by atoms with Gasteiger partial charge >= 0.3 is 0 Å². The summed E-state index contributed by atoms with van der Waals surface area (Å²) in [6.07, 6.45) is 0.918. The summed E-state index contributed by atoms with van der Waals surface area (Å²) in [4.78, 5) is 26.7. The Labute approximate surface area is 189 Å². The first-order valence-corrected chi connectivity index (χ1v) is 11.7. The molecule has 2 heterocycles. The molecule has 2 N–H and O–H groups in total. The van der Waals surface area contributed by atoms with Crippen LogP contribution in [0, 0.1) is 6.92 Å². The van der Waals surface area contributed by atoms with Crippen LogP contribution in [0.15, 0.2) is 46.8 Å². The van der Waals surface area contributed by atoms with Crippen molar-refractivity contribution < 1.29 is 9.59 Å². The number of nitrogens with one attached hydrogen (secondary N) is 2. The lowest BCUT2D eigenvalue weighted by molar-refractivity contribution is -0.121. The molecule has 1 aliphatic rings. The molecule has 1 aliphatic heterocycles. The summed E-state index contributed by atoms with van der Waals surface area (Å²) < 4.78 is 0.699. The predicted molar refractivity (Wildman–Crippen MR) is 126 cm³/mol. The molecule has 9 heteroatoms. The summed E-state index contributed by atoms with van der Waals surface area (Å²) >= 11 is 2.76. The van der Waals surface area contributed by atoms with E-state index in [1.54, 1.807) is 6.07 Å². The van der Waals surface area contributed by atoms with Crippen molar-refractivity contribution in [3.63, 3.8) is 0 Å². The number of amides is 2. The molecule has 31 heavy (non-hydrogen) atoms.